The maximum Gasteiger partial charge on any atom is 0.306 e. The van der Waals surface area contributed by atoms with E-state index < -0.39 is 0 Å². The maximum absolute atomic E-state index is 11.4. The first kappa shape index (κ1) is 23.6. The lowest BCUT2D eigenvalue weighted by molar-refractivity contribution is -0.154. The fraction of sp³-hybridized carbons (Fsp3) is 0.957. The molecular weight excluding hydrogens is 356 g/mol. The number of ether oxygens (including phenoxy) is 4. The van der Waals surface area contributed by atoms with Crippen LogP contribution < -0.4 is 0 Å². The first-order valence-electron chi connectivity index (χ1n) is 11.7. The van der Waals surface area contributed by atoms with E-state index in [0.717, 1.165) is 25.7 Å². The summed E-state index contributed by atoms with van der Waals surface area (Å²) in [4.78, 5) is 11.4. The highest BCUT2D eigenvalue weighted by atomic mass is 16.7. The molecule has 0 aromatic carbocycles. The van der Waals surface area contributed by atoms with Gasteiger partial charge in [0.25, 0.3) is 0 Å². The summed E-state index contributed by atoms with van der Waals surface area (Å²) in [6, 6.07) is 0. The van der Waals surface area contributed by atoms with Crippen LogP contribution in [-0.4, -0.2) is 44.3 Å². The van der Waals surface area contributed by atoms with Gasteiger partial charge in [0.05, 0.1) is 18.3 Å². The van der Waals surface area contributed by atoms with Crippen molar-refractivity contribution in [1.29, 1.82) is 0 Å². The second-order valence-corrected chi connectivity index (χ2v) is 8.44. The lowest BCUT2D eigenvalue weighted by Gasteiger charge is -2.25. The zero-order valence-corrected chi connectivity index (χ0v) is 18.2. The van der Waals surface area contributed by atoms with Crippen molar-refractivity contribution in [3.8, 4) is 0 Å². The van der Waals surface area contributed by atoms with Gasteiger partial charge in [-0.2, -0.15) is 0 Å². The largest absolute Gasteiger partial charge is 0.460 e. The quantitative estimate of drug-likeness (QED) is 0.194. The van der Waals surface area contributed by atoms with E-state index in [1.54, 1.807) is 7.11 Å². The van der Waals surface area contributed by atoms with E-state index in [-0.39, 0.29) is 30.4 Å². The third kappa shape index (κ3) is 8.79. The number of rotatable bonds is 16. The van der Waals surface area contributed by atoms with Crippen molar-refractivity contribution in [2.75, 3.05) is 13.9 Å². The minimum atomic E-state index is -0.0883. The standard InChI is InChI=1S/C23H42O5/c1-3-4-5-6-7-8-9-10-11-12-13-19(26-18-25-2)20-14-15-21(27-20)22-16-17-23(24)28-22/h19-22H,3-18H2,1-2H3/t19-,20+,21+,22+/m0/s1. The molecule has 4 atom stereocenters. The van der Waals surface area contributed by atoms with Crippen molar-refractivity contribution in [2.24, 2.45) is 0 Å². The fourth-order valence-corrected chi connectivity index (χ4v) is 4.41. The van der Waals surface area contributed by atoms with Gasteiger partial charge in [0.2, 0.25) is 0 Å². The van der Waals surface area contributed by atoms with Crippen LogP contribution in [0.2, 0.25) is 0 Å². The third-order valence-corrected chi connectivity index (χ3v) is 6.07. The number of unbranched alkanes of at least 4 members (excludes halogenated alkanes) is 9. The van der Waals surface area contributed by atoms with E-state index in [1.807, 2.05) is 0 Å². The molecule has 5 nitrogen and oxygen atoms in total. The predicted octanol–water partition coefficient (Wildman–Crippen LogP) is 5.54. The Morgan fingerprint density at radius 1 is 0.929 bits per heavy atom. The Labute approximate surface area is 171 Å². The average molecular weight is 399 g/mol. The SMILES string of the molecule is CCCCCCCCCCCC[C@H](OCOC)[C@H]1CC[C@H]([C@H]2CCC(=O)O2)O1. The van der Waals surface area contributed by atoms with Crippen LogP contribution in [0.5, 0.6) is 0 Å². The Morgan fingerprint density at radius 2 is 1.61 bits per heavy atom. The van der Waals surface area contributed by atoms with Gasteiger partial charge in [0, 0.05) is 13.5 Å². The van der Waals surface area contributed by atoms with Crippen LogP contribution in [-0.2, 0) is 23.7 Å². The number of hydrogen-bond acceptors (Lipinski definition) is 5. The molecule has 0 aromatic rings. The molecule has 2 fully saturated rings. The highest BCUT2D eigenvalue weighted by Crippen LogP contribution is 2.32. The van der Waals surface area contributed by atoms with Crippen molar-refractivity contribution in [3.05, 3.63) is 0 Å². The Bertz CT molecular complexity index is 414. The molecule has 0 aromatic heterocycles. The van der Waals surface area contributed by atoms with Crippen molar-refractivity contribution in [1.82, 2.24) is 0 Å². The van der Waals surface area contributed by atoms with Crippen molar-refractivity contribution in [3.63, 3.8) is 0 Å². The zero-order chi connectivity index (χ0) is 20.0. The summed E-state index contributed by atoms with van der Waals surface area (Å²) in [5.41, 5.74) is 0. The van der Waals surface area contributed by atoms with Gasteiger partial charge in [-0.1, -0.05) is 71.1 Å². The van der Waals surface area contributed by atoms with Crippen molar-refractivity contribution >= 4 is 5.97 Å². The zero-order valence-electron chi connectivity index (χ0n) is 18.2. The lowest BCUT2D eigenvalue weighted by atomic mass is 10.0. The highest BCUT2D eigenvalue weighted by Gasteiger charge is 2.39. The Kier molecular flexibility index (Phi) is 12.1. The molecule has 5 heteroatoms. The molecule has 0 radical (unpaired) electrons. The first-order valence-corrected chi connectivity index (χ1v) is 11.7. The van der Waals surface area contributed by atoms with Crippen LogP contribution >= 0.6 is 0 Å². The molecule has 0 aliphatic carbocycles. The molecule has 2 heterocycles. The highest BCUT2D eigenvalue weighted by molar-refractivity contribution is 5.71. The summed E-state index contributed by atoms with van der Waals surface area (Å²) < 4.78 is 22.7. The lowest BCUT2D eigenvalue weighted by Crippen LogP contribution is -2.33. The Hall–Kier alpha value is -0.650. The number of carbonyl (C=O) groups excluding carboxylic acids is 1. The smallest absolute Gasteiger partial charge is 0.306 e. The Balaban J connectivity index is 1.59. The maximum atomic E-state index is 11.4. The molecule has 0 saturated carbocycles. The number of cyclic esters (lactones) is 1. The van der Waals surface area contributed by atoms with Crippen LogP contribution in [0.4, 0.5) is 0 Å². The molecule has 2 aliphatic rings. The van der Waals surface area contributed by atoms with Crippen molar-refractivity contribution in [2.45, 2.75) is 128 Å². The van der Waals surface area contributed by atoms with Gasteiger partial charge in [-0.25, -0.2) is 0 Å². The van der Waals surface area contributed by atoms with Gasteiger partial charge in [0.15, 0.2) is 0 Å². The molecule has 0 N–H and O–H groups in total. The van der Waals surface area contributed by atoms with Gasteiger partial charge in [-0.05, 0) is 25.7 Å². The van der Waals surface area contributed by atoms with Gasteiger partial charge in [0.1, 0.15) is 12.9 Å². The summed E-state index contributed by atoms with van der Waals surface area (Å²) in [6.45, 7) is 2.58. The van der Waals surface area contributed by atoms with Gasteiger partial charge >= 0.3 is 5.97 Å². The van der Waals surface area contributed by atoms with Crippen LogP contribution in [0.3, 0.4) is 0 Å². The molecule has 2 saturated heterocycles. The monoisotopic (exact) mass is 398 g/mol. The van der Waals surface area contributed by atoms with E-state index in [9.17, 15) is 4.79 Å². The summed E-state index contributed by atoms with van der Waals surface area (Å²) in [5, 5.41) is 0. The van der Waals surface area contributed by atoms with Gasteiger partial charge in [-0.3, -0.25) is 4.79 Å². The van der Waals surface area contributed by atoms with Crippen LogP contribution in [0, 0.1) is 0 Å². The molecule has 2 rings (SSSR count). The topological polar surface area (TPSA) is 54.0 Å². The van der Waals surface area contributed by atoms with Gasteiger partial charge < -0.3 is 18.9 Å². The van der Waals surface area contributed by atoms with E-state index in [1.165, 1.54) is 64.2 Å². The second-order valence-electron chi connectivity index (χ2n) is 8.44. The fourth-order valence-electron chi connectivity index (χ4n) is 4.41. The minimum Gasteiger partial charge on any atom is -0.460 e. The molecule has 2 aliphatic heterocycles. The van der Waals surface area contributed by atoms with E-state index in [0.29, 0.717) is 13.2 Å². The second kappa shape index (κ2) is 14.4. The average Bonchev–Trinajstić information content (AvgIpc) is 3.35. The van der Waals surface area contributed by atoms with E-state index >= 15 is 0 Å². The van der Waals surface area contributed by atoms with Crippen LogP contribution in [0.25, 0.3) is 0 Å². The Morgan fingerprint density at radius 3 is 2.21 bits per heavy atom. The minimum absolute atomic E-state index is 0.0396. The van der Waals surface area contributed by atoms with E-state index in [4.69, 9.17) is 18.9 Å². The van der Waals surface area contributed by atoms with Crippen LogP contribution in [0.1, 0.15) is 103 Å². The molecule has 164 valence electrons. The summed E-state index contributed by atoms with van der Waals surface area (Å²) in [7, 11) is 1.66. The normalized spacial score (nSPS) is 25.9. The number of esters is 1. The molecule has 0 unspecified atom stereocenters. The molecule has 0 bridgehead atoms. The van der Waals surface area contributed by atoms with E-state index in [2.05, 4.69) is 6.92 Å². The predicted molar refractivity (Wildman–Crippen MR) is 110 cm³/mol. The third-order valence-electron chi connectivity index (χ3n) is 6.07. The summed E-state index contributed by atoms with van der Waals surface area (Å²) in [6.07, 6.45) is 17.8. The number of carbonyl (C=O) groups is 1. The number of hydrogen-bond donors (Lipinski definition) is 0. The van der Waals surface area contributed by atoms with Gasteiger partial charge in [-0.15, -0.1) is 0 Å². The molecule has 0 amide bonds. The number of methoxy groups -OCH3 is 1. The molecular formula is C23H42O5. The summed E-state index contributed by atoms with van der Waals surface area (Å²) >= 11 is 0. The van der Waals surface area contributed by atoms with Crippen LogP contribution in [0.15, 0.2) is 0 Å². The molecule has 0 spiro atoms. The summed E-state index contributed by atoms with van der Waals surface area (Å²) in [5.74, 6) is -0.0883. The molecule has 28 heavy (non-hydrogen) atoms. The first-order chi connectivity index (χ1) is 13.7. The van der Waals surface area contributed by atoms with Crippen molar-refractivity contribution < 1.29 is 23.7 Å².